The Hall–Kier alpha value is -2.93. The molecule has 0 unspecified atom stereocenters. The number of nitrogens with one attached hydrogen (secondary N) is 1. The van der Waals surface area contributed by atoms with Crippen LogP contribution in [-0.4, -0.2) is 30.4 Å². The highest BCUT2D eigenvalue weighted by atomic mass is 32.2. The largest absolute Gasteiger partial charge is 0.506 e. The number of methoxy groups -OCH3 is 2. The van der Waals surface area contributed by atoms with Gasteiger partial charge in [0.25, 0.3) is 5.91 Å². The first-order chi connectivity index (χ1) is 12.1. The summed E-state index contributed by atoms with van der Waals surface area (Å²) in [6.07, 6.45) is 1.75. The minimum absolute atomic E-state index is 0.0576. The molecule has 1 aliphatic rings. The Kier molecular flexibility index (Phi) is 4.95. The van der Waals surface area contributed by atoms with E-state index < -0.39 is 0 Å². The van der Waals surface area contributed by atoms with Crippen LogP contribution in [0.5, 0.6) is 17.2 Å². The van der Waals surface area contributed by atoms with Gasteiger partial charge in [-0.05, 0) is 47.7 Å². The maximum Gasteiger partial charge on any atom is 0.264 e. The number of hydrogen-bond donors (Lipinski definition) is 2. The number of aromatic hydroxyl groups is 1. The number of rotatable bonds is 4. The lowest BCUT2D eigenvalue weighted by atomic mass is 10.2. The Bertz CT molecular complexity index is 877. The summed E-state index contributed by atoms with van der Waals surface area (Å²) in [5.41, 5.74) is 1.21. The molecular formula is C18H16N2O4S. The van der Waals surface area contributed by atoms with Crippen LogP contribution in [0.2, 0.25) is 0 Å². The molecule has 2 N–H and O–H groups in total. The van der Waals surface area contributed by atoms with Crippen molar-refractivity contribution in [3.63, 3.8) is 0 Å². The number of benzene rings is 2. The molecule has 1 heterocycles. The molecule has 1 aliphatic heterocycles. The van der Waals surface area contributed by atoms with Crippen molar-refractivity contribution in [3.8, 4) is 17.2 Å². The topological polar surface area (TPSA) is 80.2 Å². The number of ether oxygens (including phenoxy) is 2. The van der Waals surface area contributed by atoms with Gasteiger partial charge in [0.05, 0.1) is 19.1 Å². The third kappa shape index (κ3) is 3.77. The van der Waals surface area contributed by atoms with Crippen molar-refractivity contribution in [2.45, 2.75) is 0 Å². The minimum Gasteiger partial charge on any atom is -0.506 e. The summed E-state index contributed by atoms with van der Waals surface area (Å²) in [5, 5.41) is 12.9. The van der Waals surface area contributed by atoms with Crippen LogP contribution >= 0.6 is 11.8 Å². The normalized spacial score (nSPS) is 17.0. The van der Waals surface area contributed by atoms with E-state index in [9.17, 15) is 9.90 Å². The van der Waals surface area contributed by atoms with E-state index in [1.165, 1.54) is 11.8 Å². The number of para-hydroxylation sites is 2. The van der Waals surface area contributed by atoms with Crippen LogP contribution in [0, 0.1) is 0 Å². The molecule has 2 aromatic rings. The molecule has 0 bridgehead atoms. The summed E-state index contributed by atoms with van der Waals surface area (Å²) in [4.78, 5) is 16.9. The second kappa shape index (κ2) is 7.31. The molecule has 0 aromatic heterocycles. The first kappa shape index (κ1) is 16.9. The Morgan fingerprint density at radius 2 is 1.88 bits per heavy atom. The van der Waals surface area contributed by atoms with Crippen molar-refractivity contribution in [1.29, 1.82) is 0 Å². The number of amides is 1. The zero-order chi connectivity index (χ0) is 17.8. The lowest BCUT2D eigenvalue weighted by Crippen LogP contribution is -2.19. The summed E-state index contributed by atoms with van der Waals surface area (Å²) in [5.74, 6) is 1.02. The van der Waals surface area contributed by atoms with Gasteiger partial charge in [-0.2, -0.15) is 0 Å². The highest BCUT2D eigenvalue weighted by molar-refractivity contribution is 8.18. The molecule has 6 nitrogen and oxygen atoms in total. The molecule has 1 saturated heterocycles. The van der Waals surface area contributed by atoms with E-state index in [-0.39, 0.29) is 11.7 Å². The van der Waals surface area contributed by atoms with E-state index in [1.807, 2.05) is 6.07 Å². The minimum atomic E-state index is -0.242. The molecule has 25 heavy (non-hydrogen) atoms. The summed E-state index contributed by atoms with van der Waals surface area (Å²) in [6.45, 7) is 0. The monoisotopic (exact) mass is 356 g/mol. The van der Waals surface area contributed by atoms with E-state index in [4.69, 9.17) is 9.47 Å². The second-order valence-corrected chi connectivity index (χ2v) is 6.12. The van der Waals surface area contributed by atoms with Crippen LogP contribution in [0.3, 0.4) is 0 Å². The van der Waals surface area contributed by atoms with Crippen LogP contribution in [0.4, 0.5) is 5.69 Å². The van der Waals surface area contributed by atoms with Gasteiger partial charge in [0.15, 0.2) is 16.7 Å². The Morgan fingerprint density at radius 3 is 2.60 bits per heavy atom. The summed E-state index contributed by atoms with van der Waals surface area (Å²) >= 11 is 1.21. The average molecular weight is 356 g/mol. The number of nitrogens with zero attached hydrogens (tertiary/aromatic N) is 1. The molecule has 0 atom stereocenters. The molecule has 1 fully saturated rings. The predicted octanol–water partition coefficient (Wildman–Crippen LogP) is 3.30. The van der Waals surface area contributed by atoms with Gasteiger partial charge in [-0.25, -0.2) is 4.99 Å². The van der Waals surface area contributed by atoms with Crippen LogP contribution in [0.25, 0.3) is 6.08 Å². The van der Waals surface area contributed by atoms with Gasteiger partial charge in [-0.1, -0.05) is 18.2 Å². The summed E-state index contributed by atoms with van der Waals surface area (Å²) in [7, 11) is 3.13. The number of carbonyl (C=O) groups is 1. The maximum absolute atomic E-state index is 12.1. The van der Waals surface area contributed by atoms with Crippen molar-refractivity contribution < 1.29 is 19.4 Å². The number of aliphatic imine (C=N–C) groups is 1. The number of phenols is 1. The van der Waals surface area contributed by atoms with E-state index in [2.05, 4.69) is 10.3 Å². The van der Waals surface area contributed by atoms with E-state index in [0.717, 1.165) is 5.56 Å². The Labute approximate surface area is 149 Å². The average Bonchev–Trinajstić information content (AvgIpc) is 2.96. The van der Waals surface area contributed by atoms with Crippen molar-refractivity contribution >= 4 is 34.6 Å². The molecule has 7 heteroatoms. The lowest BCUT2D eigenvalue weighted by molar-refractivity contribution is -0.115. The zero-order valence-corrected chi connectivity index (χ0v) is 14.5. The van der Waals surface area contributed by atoms with Crippen molar-refractivity contribution in [1.82, 2.24) is 5.32 Å². The molecule has 0 aliphatic carbocycles. The van der Waals surface area contributed by atoms with Gasteiger partial charge in [-0.3, -0.25) is 4.79 Å². The maximum atomic E-state index is 12.1. The van der Waals surface area contributed by atoms with Crippen LogP contribution in [-0.2, 0) is 4.79 Å². The fourth-order valence-electron chi connectivity index (χ4n) is 2.24. The van der Waals surface area contributed by atoms with Crippen molar-refractivity contribution in [2.75, 3.05) is 14.2 Å². The van der Waals surface area contributed by atoms with Crippen LogP contribution in [0.15, 0.2) is 52.4 Å². The number of phenolic OH excluding ortho intramolecular Hbond substituents is 1. The fourth-order valence-corrected chi connectivity index (χ4v) is 3.08. The molecular weight excluding hydrogens is 340 g/mol. The van der Waals surface area contributed by atoms with Crippen molar-refractivity contribution in [2.24, 2.45) is 4.99 Å². The second-order valence-electron chi connectivity index (χ2n) is 5.08. The zero-order valence-electron chi connectivity index (χ0n) is 13.6. The summed E-state index contributed by atoms with van der Waals surface area (Å²) in [6, 6.07) is 12.1. The molecule has 0 radical (unpaired) electrons. The van der Waals surface area contributed by atoms with Gasteiger partial charge in [-0.15, -0.1) is 0 Å². The van der Waals surface area contributed by atoms with Gasteiger partial charge in [0.1, 0.15) is 11.4 Å². The highest BCUT2D eigenvalue weighted by Crippen LogP contribution is 2.33. The lowest BCUT2D eigenvalue weighted by Gasteiger charge is -2.07. The standard InChI is InChI=1S/C18H16N2O4S/c1-23-14-8-7-11(9-15(14)24-2)10-16-17(22)20-18(25-16)19-12-5-3-4-6-13(12)21/h3-10,21H,1-2H3,(H,19,20,22). The van der Waals surface area contributed by atoms with Crippen LogP contribution < -0.4 is 14.8 Å². The van der Waals surface area contributed by atoms with Crippen molar-refractivity contribution in [3.05, 3.63) is 52.9 Å². The Balaban J connectivity index is 1.86. The smallest absolute Gasteiger partial charge is 0.264 e. The van der Waals surface area contributed by atoms with E-state index in [1.54, 1.807) is 56.7 Å². The summed E-state index contributed by atoms with van der Waals surface area (Å²) < 4.78 is 10.5. The number of hydrogen-bond acceptors (Lipinski definition) is 6. The molecule has 3 rings (SSSR count). The fraction of sp³-hybridized carbons (Fsp3) is 0.111. The first-order valence-corrected chi connectivity index (χ1v) is 8.22. The number of thioether (sulfide) groups is 1. The predicted molar refractivity (Wildman–Crippen MR) is 98.5 cm³/mol. The SMILES string of the molecule is COc1ccc(C=C2SC(=Nc3ccccc3O)NC2=O)cc1OC. The Morgan fingerprint density at radius 1 is 1.12 bits per heavy atom. The molecule has 128 valence electrons. The molecule has 0 spiro atoms. The first-order valence-electron chi connectivity index (χ1n) is 7.40. The van der Waals surface area contributed by atoms with E-state index in [0.29, 0.717) is 27.3 Å². The van der Waals surface area contributed by atoms with Gasteiger partial charge in [0.2, 0.25) is 0 Å². The van der Waals surface area contributed by atoms with E-state index >= 15 is 0 Å². The van der Waals surface area contributed by atoms with Gasteiger partial charge >= 0.3 is 0 Å². The van der Waals surface area contributed by atoms with Gasteiger partial charge in [0, 0.05) is 0 Å². The molecule has 0 saturated carbocycles. The van der Waals surface area contributed by atoms with Crippen LogP contribution in [0.1, 0.15) is 5.56 Å². The molecule has 2 aromatic carbocycles. The quantitative estimate of drug-likeness (QED) is 0.822. The highest BCUT2D eigenvalue weighted by Gasteiger charge is 2.24. The number of carbonyl (C=O) groups excluding carboxylic acids is 1. The third-order valence-electron chi connectivity index (χ3n) is 3.46. The van der Waals surface area contributed by atoms with Gasteiger partial charge < -0.3 is 19.9 Å². The number of amidine groups is 1. The third-order valence-corrected chi connectivity index (χ3v) is 4.37. The molecule has 1 amide bonds.